The van der Waals surface area contributed by atoms with E-state index < -0.39 is 17.7 Å². The lowest BCUT2D eigenvalue weighted by Crippen LogP contribution is -2.62. The van der Waals surface area contributed by atoms with Gasteiger partial charge in [-0.05, 0) is 61.1 Å². The van der Waals surface area contributed by atoms with Crippen LogP contribution in [-0.4, -0.2) is 59.6 Å². The zero-order valence-corrected chi connectivity index (χ0v) is 19.4. The lowest BCUT2D eigenvalue weighted by molar-refractivity contribution is -0.153. The highest BCUT2D eigenvalue weighted by Gasteiger charge is 2.48. The largest absolute Gasteiger partial charge is 0.436 e. The first-order valence-corrected chi connectivity index (χ1v) is 11.9. The van der Waals surface area contributed by atoms with E-state index in [4.69, 9.17) is 4.74 Å². The standard InChI is InChI=1S/C26H32N4O3/c1-3-12-29-13-10-26(18-27,11-14-29)30-17-19(2)15-23(24(30)31)33-25(32)28-22-9-8-20-6-4-5-7-21(20)16-22/h4-9,16,19,23H,3,10-15,17H2,1-2H3,(H,28,32). The van der Waals surface area contributed by atoms with Crippen molar-refractivity contribution in [1.82, 2.24) is 9.80 Å². The molecule has 0 aromatic heterocycles. The summed E-state index contributed by atoms with van der Waals surface area (Å²) in [6.07, 6.45) is 1.25. The third kappa shape index (κ3) is 4.96. The van der Waals surface area contributed by atoms with Crippen molar-refractivity contribution in [3.05, 3.63) is 42.5 Å². The number of amides is 2. The molecule has 0 aliphatic carbocycles. The minimum Gasteiger partial charge on any atom is -0.436 e. The van der Waals surface area contributed by atoms with Crippen molar-refractivity contribution in [3.8, 4) is 6.07 Å². The smallest absolute Gasteiger partial charge is 0.412 e. The van der Waals surface area contributed by atoms with Gasteiger partial charge in [-0.25, -0.2) is 4.79 Å². The summed E-state index contributed by atoms with van der Waals surface area (Å²) >= 11 is 0. The van der Waals surface area contributed by atoms with Crippen LogP contribution in [0.1, 0.15) is 39.5 Å². The zero-order chi connectivity index (χ0) is 23.4. The molecule has 2 aliphatic heterocycles. The Balaban J connectivity index is 1.43. The van der Waals surface area contributed by atoms with Crippen LogP contribution < -0.4 is 5.32 Å². The van der Waals surface area contributed by atoms with E-state index in [2.05, 4.69) is 23.2 Å². The van der Waals surface area contributed by atoms with Crippen LogP contribution in [0.5, 0.6) is 0 Å². The lowest BCUT2D eigenvalue weighted by atomic mass is 9.83. The third-order valence-corrected chi connectivity index (χ3v) is 6.85. The van der Waals surface area contributed by atoms with Gasteiger partial charge in [0.05, 0.1) is 6.07 Å². The van der Waals surface area contributed by atoms with E-state index in [0.29, 0.717) is 31.5 Å². The van der Waals surface area contributed by atoms with Crippen molar-refractivity contribution in [2.75, 3.05) is 31.5 Å². The summed E-state index contributed by atoms with van der Waals surface area (Å²) < 4.78 is 5.60. The van der Waals surface area contributed by atoms with Crippen LogP contribution in [0.25, 0.3) is 10.8 Å². The number of nitrogens with one attached hydrogen (secondary N) is 1. The second kappa shape index (κ2) is 9.80. The van der Waals surface area contributed by atoms with Gasteiger partial charge in [0.1, 0.15) is 5.54 Å². The first-order chi connectivity index (χ1) is 15.9. The van der Waals surface area contributed by atoms with Gasteiger partial charge >= 0.3 is 6.09 Å². The maximum absolute atomic E-state index is 13.4. The molecule has 0 bridgehead atoms. The molecule has 7 heteroatoms. The molecule has 2 heterocycles. The Bertz CT molecular complexity index is 1050. The molecule has 2 amide bonds. The van der Waals surface area contributed by atoms with Gasteiger partial charge in [0.15, 0.2) is 6.10 Å². The van der Waals surface area contributed by atoms with Crippen molar-refractivity contribution in [3.63, 3.8) is 0 Å². The molecule has 2 atom stereocenters. The number of piperidine rings is 2. The van der Waals surface area contributed by atoms with Crippen molar-refractivity contribution in [1.29, 1.82) is 5.26 Å². The predicted octanol–water partition coefficient (Wildman–Crippen LogP) is 4.39. The number of fused-ring (bicyclic) bond motifs is 1. The van der Waals surface area contributed by atoms with Crippen molar-refractivity contribution in [2.24, 2.45) is 5.92 Å². The van der Waals surface area contributed by atoms with Crippen LogP contribution in [0.15, 0.2) is 42.5 Å². The Kier molecular flexibility index (Phi) is 6.85. The maximum Gasteiger partial charge on any atom is 0.412 e. The van der Waals surface area contributed by atoms with E-state index in [9.17, 15) is 14.9 Å². The van der Waals surface area contributed by atoms with E-state index >= 15 is 0 Å². The van der Waals surface area contributed by atoms with Gasteiger partial charge < -0.3 is 14.5 Å². The third-order valence-electron chi connectivity index (χ3n) is 6.85. The summed E-state index contributed by atoms with van der Waals surface area (Å²) in [5, 5.41) is 14.9. The molecule has 0 radical (unpaired) electrons. The number of nitrogens with zero attached hydrogens (tertiary/aromatic N) is 3. The number of nitriles is 1. The van der Waals surface area contributed by atoms with E-state index in [0.717, 1.165) is 36.8 Å². The average Bonchev–Trinajstić information content (AvgIpc) is 2.82. The van der Waals surface area contributed by atoms with Crippen LogP contribution in [0.4, 0.5) is 10.5 Å². The molecule has 2 aliphatic rings. The number of ether oxygens (including phenoxy) is 1. The molecule has 0 saturated carbocycles. The molecule has 2 aromatic rings. The fraction of sp³-hybridized carbons (Fsp3) is 0.500. The summed E-state index contributed by atoms with van der Waals surface area (Å²) in [6, 6.07) is 16.0. The minimum absolute atomic E-state index is 0.139. The highest BCUT2D eigenvalue weighted by Crippen LogP contribution is 2.34. The molecule has 174 valence electrons. The monoisotopic (exact) mass is 448 g/mol. The summed E-state index contributed by atoms with van der Waals surface area (Å²) in [5.74, 6) is -0.118. The summed E-state index contributed by atoms with van der Waals surface area (Å²) in [7, 11) is 0. The number of likely N-dealkylation sites (tertiary alicyclic amines) is 2. The van der Waals surface area contributed by atoms with Gasteiger partial charge in [-0.1, -0.05) is 44.2 Å². The normalized spacial score (nSPS) is 23.2. The Morgan fingerprint density at radius 2 is 1.94 bits per heavy atom. The number of carbonyl (C=O) groups is 2. The predicted molar refractivity (Wildman–Crippen MR) is 128 cm³/mol. The molecule has 2 saturated heterocycles. The first-order valence-electron chi connectivity index (χ1n) is 11.9. The van der Waals surface area contributed by atoms with Gasteiger partial charge in [0, 0.05) is 25.3 Å². The Morgan fingerprint density at radius 3 is 2.64 bits per heavy atom. The van der Waals surface area contributed by atoms with Crippen molar-refractivity contribution in [2.45, 2.75) is 51.2 Å². The lowest BCUT2D eigenvalue weighted by Gasteiger charge is -2.48. The van der Waals surface area contributed by atoms with Gasteiger partial charge in [-0.3, -0.25) is 10.1 Å². The van der Waals surface area contributed by atoms with E-state index in [1.807, 2.05) is 49.4 Å². The number of rotatable bonds is 5. The molecular formula is C26H32N4O3. The van der Waals surface area contributed by atoms with Crippen LogP contribution in [0.2, 0.25) is 0 Å². The molecule has 33 heavy (non-hydrogen) atoms. The SMILES string of the molecule is CCCN1CCC(C#N)(N2CC(C)CC(OC(=O)Nc3ccc4ccccc4c3)C2=O)CC1. The highest BCUT2D eigenvalue weighted by atomic mass is 16.6. The number of anilines is 1. The van der Waals surface area contributed by atoms with Crippen LogP contribution in [-0.2, 0) is 9.53 Å². The summed E-state index contributed by atoms with van der Waals surface area (Å²) in [4.78, 5) is 30.0. The van der Waals surface area contributed by atoms with Gasteiger partial charge in [0.25, 0.3) is 5.91 Å². The van der Waals surface area contributed by atoms with Crippen LogP contribution >= 0.6 is 0 Å². The van der Waals surface area contributed by atoms with Gasteiger partial charge in [-0.15, -0.1) is 0 Å². The second-order valence-electron chi connectivity index (χ2n) is 9.36. The number of hydrogen-bond acceptors (Lipinski definition) is 5. The number of hydrogen-bond donors (Lipinski definition) is 1. The van der Waals surface area contributed by atoms with Gasteiger partial charge in [-0.2, -0.15) is 5.26 Å². The molecule has 7 nitrogen and oxygen atoms in total. The Hall–Kier alpha value is -3.11. The quantitative estimate of drug-likeness (QED) is 0.733. The van der Waals surface area contributed by atoms with E-state index in [1.54, 1.807) is 4.90 Å². The maximum atomic E-state index is 13.4. The zero-order valence-electron chi connectivity index (χ0n) is 19.4. The van der Waals surface area contributed by atoms with Crippen molar-refractivity contribution >= 4 is 28.5 Å². The molecular weight excluding hydrogens is 416 g/mol. The molecule has 2 fully saturated rings. The van der Waals surface area contributed by atoms with Crippen LogP contribution in [0.3, 0.4) is 0 Å². The Morgan fingerprint density at radius 1 is 1.21 bits per heavy atom. The molecule has 2 unspecified atom stereocenters. The second-order valence-corrected chi connectivity index (χ2v) is 9.36. The molecule has 4 rings (SSSR count). The van der Waals surface area contributed by atoms with E-state index in [1.165, 1.54) is 0 Å². The fourth-order valence-corrected chi connectivity index (χ4v) is 5.05. The molecule has 1 N–H and O–H groups in total. The molecule has 0 spiro atoms. The Labute approximate surface area is 195 Å². The summed E-state index contributed by atoms with van der Waals surface area (Å²) in [5.41, 5.74) is -0.212. The first kappa shape index (κ1) is 23.1. The minimum atomic E-state index is -0.881. The topological polar surface area (TPSA) is 85.7 Å². The average molecular weight is 449 g/mol. The van der Waals surface area contributed by atoms with Gasteiger partial charge in [0.2, 0.25) is 0 Å². The molecule has 2 aromatic carbocycles. The van der Waals surface area contributed by atoms with Crippen LogP contribution in [0, 0.1) is 17.2 Å². The number of carbonyl (C=O) groups excluding carboxylic acids is 2. The highest BCUT2D eigenvalue weighted by molar-refractivity contribution is 5.93. The number of benzene rings is 2. The van der Waals surface area contributed by atoms with Crippen molar-refractivity contribution < 1.29 is 14.3 Å². The fourth-order valence-electron chi connectivity index (χ4n) is 5.05. The summed E-state index contributed by atoms with van der Waals surface area (Å²) in [6.45, 7) is 7.31. The van der Waals surface area contributed by atoms with E-state index in [-0.39, 0.29) is 11.8 Å².